The highest BCUT2D eigenvalue weighted by Crippen LogP contribution is 2.28. The number of hydrogen-bond acceptors (Lipinski definition) is 5. The Hall–Kier alpha value is -2.08. The Bertz CT molecular complexity index is 715. The molecule has 1 aromatic rings. The molecule has 21 heavy (non-hydrogen) atoms. The Labute approximate surface area is 124 Å². The monoisotopic (exact) mass is 307 g/mol. The predicted molar refractivity (Wildman–Crippen MR) is 78.9 cm³/mol. The van der Waals surface area contributed by atoms with Crippen molar-refractivity contribution in [1.29, 1.82) is 0 Å². The van der Waals surface area contributed by atoms with Crippen molar-refractivity contribution < 1.29 is 17.9 Å². The number of sulfone groups is 1. The van der Waals surface area contributed by atoms with E-state index in [1.54, 1.807) is 42.4 Å². The number of benzene rings is 1. The fraction of sp³-hybridized carbons (Fsp3) is 0.267. The molecule has 0 unspecified atom stereocenters. The first-order chi connectivity index (χ1) is 9.84. The molecule has 1 aliphatic rings. The third-order valence-corrected chi connectivity index (χ3v) is 5.03. The zero-order valence-corrected chi connectivity index (χ0v) is 13.0. The first-order valence-electron chi connectivity index (χ1n) is 6.38. The van der Waals surface area contributed by atoms with Crippen molar-refractivity contribution in [2.24, 2.45) is 0 Å². The van der Waals surface area contributed by atoms with E-state index in [4.69, 9.17) is 0 Å². The van der Waals surface area contributed by atoms with E-state index in [0.29, 0.717) is 5.57 Å². The van der Waals surface area contributed by atoms with Crippen molar-refractivity contribution in [2.75, 3.05) is 14.2 Å². The highest BCUT2D eigenvalue weighted by atomic mass is 32.2. The highest BCUT2D eigenvalue weighted by Gasteiger charge is 2.27. The van der Waals surface area contributed by atoms with Crippen LogP contribution in [-0.4, -0.2) is 33.4 Å². The van der Waals surface area contributed by atoms with Crippen LogP contribution >= 0.6 is 0 Å². The summed E-state index contributed by atoms with van der Waals surface area (Å²) in [6.45, 7) is 1.89. The van der Waals surface area contributed by atoms with Crippen molar-refractivity contribution in [3.05, 3.63) is 52.7 Å². The van der Waals surface area contributed by atoms with Crippen LogP contribution in [0.3, 0.4) is 0 Å². The Morgan fingerprint density at radius 1 is 1.19 bits per heavy atom. The number of aryl methyl sites for hydroxylation is 1. The largest absolute Gasteiger partial charge is 0.466 e. The van der Waals surface area contributed by atoms with E-state index in [2.05, 4.69) is 4.74 Å². The van der Waals surface area contributed by atoms with Crippen LogP contribution in [0.2, 0.25) is 0 Å². The molecule has 2 rings (SSSR count). The van der Waals surface area contributed by atoms with Gasteiger partial charge in [0.05, 0.1) is 22.5 Å². The molecule has 0 amide bonds. The molecular formula is C15H17NO4S. The van der Waals surface area contributed by atoms with Crippen molar-refractivity contribution >= 4 is 15.8 Å². The predicted octanol–water partition coefficient (Wildman–Crippen LogP) is 2.00. The second-order valence-electron chi connectivity index (χ2n) is 4.90. The van der Waals surface area contributed by atoms with Crippen LogP contribution in [0.4, 0.5) is 0 Å². The average Bonchev–Trinajstić information content (AvgIpc) is 2.46. The van der Waals surface area contributed by atoms with E-state index < -0.39 is 15.8 Å². The van der Waals surface area contributed by atoms with Crippen molar-refractivity contribution in [3.8, 4) is 0 Å². The van der Waals surface area contributed by atoms with E-state index in [0.717, 1.165) is 5.56 Å². The fourth-order valence-corrected chi connectivity index (χ4v) is 3.53. The number of carbonyl (C=O) groups excluding carboxylic acids is 1. The van der Waals surface area contributed by atoms with Gasteiger partial charge in [-0.2, -0.15) is 0 Å². The minimum Gasteiger partial charge on any atom is -0.466 e. The first-order valence-corrected chi connectivity index (χ1v) is 7.86. The van der Waals surface area contributed by atoms with Gasteiger partial charge in [0.25, 0.3) is 0 Å². The molecule has 0 saturated heterocycles. The number of hydrogen-bond donors (Lipinski definition) is 0. The van der Waals surface area contributed by atoms with Crippen LogP contribution in [0.25, 0.3) is 0 Å². The number of rotatable bonds is 3. The SMILES string of the molecule is COC(=O)C1=CN(C)C=C(S(=O)(=O)c2ccc(C)cc2)C1. The summed E-state index contributed by atoms with van der Waals surface area (Å²) in [4.78, 5) is 13.6. The number of allylic oxidation sites excluding steroid dienone is 1. The topological polar surface area (TPSA) is 63.7 Å². The van der Waals surface area contributed by atoms with E-state index >= 15 is 0 Å². The Balaban J connectivity index is 2.37. The van der Waals surface area contributed by atoms with Gasteiger partial charge < -0.3 is 9.64 Å². The lowest BCUT2D eigenvalue weighted by molar-refractivity contribution is -0.136. The van der Waals surface area contributed by atoms with Crippen LogP contribution < -0.4 is 0 Å². The Kier molecular flexibility index (Phi) is 4.18. The van der Waals surface area contributed by atoms with E-state index in [1.807, 2.05) is 6.92 Å². The standard InChI is InChI=1S/C15H17NO4S/c1-11-4-6-13(7-5-11)21(18,19)14-8-12(15(17)20-3)9-16(2)10-14/h4-7,9-10H,8H2,1-3H3. The van der Waals surface area contributed by atoms with Crippen LogP contribution in [-0.2, 0) is 19.4 Å². The molecule has 0 fully saturated rings. The summed E-state index contributed by atoms with van der Waals surface area (Å²) in [5.41, 5.74) is 1.30. The lowest BCUT2D eigenvalue weighted by Gasteiger charge is -2.20. The number of ether oxygens (including phenoxy) is 1. The zero-order valence-electron chi connectivity index (χ0n) is 12.2. The summed E-state index contributed by atoms with van der Waals surface area (Å²) in [5.74, 6) is -0.522. The van der Waals surface area contributed by atoms with Gasteiger partial charge in [-0.3, -0.25) is 0 Å². The molecule has 0 radical (unpaired) electrons. The molecule has 0 saturated carbocycles. The molecule has 0 aliphatic carbocycles. The van der Waals surface area contributed by atoms with Gasteiger partial charge in [-0.25, -0.2) is 13.2 Å². The molecule has 0 N–H and O–H groups in total. The van der Waals surface area contributed by atoms with Crippen LogP contribution in [0, 0.1) is 6.92 Å². The van der Waals surface area contributed by atoms with Crippen molar-refractivity contribution in [2.45, 2.75) is 18.2 Å². The van der Waals surface area contributed by atoms with Gasteiger partial charge in [0.1, 0.15) is 0 Å². The minimum absolute atomic E-state index is 0.0349. The number of esters is 1. The molecule has 1 aliphatic heterocycles. The number of methoxy groups -OCH3 is 1. The molecule has 5 nitrogen and oxygen atoms in total. The number of carbonyl (C=O) groups is 1. The van der Waals surface area contributed by atoms with Crippen LogP contribution in [0.15, 0.2) is 52.0 Å². The third-order valence-electron chi connectivity index (χ3n) is 3.20. The lowest BCUT2D eigenvalue weighted by atomic mass is 10.1. The molecule has 0 atom stereocenters. The second kappa shape index (κ2) is 5.73. The minimum atomic E-state index is -3.62. The van der Waals surface area contributed by atoms with Crippen molar-refractivity contribution in [1.82, 2.24) is 4.90 Å². The second-order valence-corrected chi connectivity index (χ2v) is 6.90. The first kappa shape index (κ1) is 15.3. The van der Waals surface area contributed by atoms with E-state index in [9.17, 15) is 13.2 Å². The summed E-state index contributed by atoms with van der Waals surface area (Å²) in [6.07, 6.45) is 3.12. The molecule has 1 heterocycles. The van der Waals surface area contributed by atoms with Gasteiger partial charge >= 0.3 is 5.97 Å². The lowest BCUT2D eigenvalue weighted by Crippen LogP contribution is -2.19. The van der Waals surface area contributed by atoms with Crippen molar-refractivity contribution in [3.63, 3.8) is 0 Å². The zero-order chi connectivity index (χ0) is 15.6. The quantitative estimate of drug-likeness (QED) is 0.799. The summed E-state index contributed by atoms with van der Waals surface area (Å²) < 4.78 is 29.9. The average molecular weight is 307 g/mol. The molecule has 6 heteroatoms. The normalized spacial score (nSPS) is 15.3. The van der Waals surface area contributed by atoms with Gasteiger partial charge in [-0.15, -0.1) is 0 Å². The van der Waals surface area contributed by atoms with Crippen LogP contribution in [0.5, 0.6) is 0 Å². The van der Waals surface area contributed by atoms with Gasteiger partial charge in [0.2, 0.25) is 9.84 Å². The maximum Gasteiger partial charge on any atom is 0.335 e. The molecule has 0 bridgehead atoms. The maximum atomic E-state index is 12.6. The summed E-state index contributed by atoms with van der Waals surface area (Å²) in [6, 6.07) is 6.64. The Morgan fingerprint density at radius 2 is 1.81 bits per heavy atom. The third kappa shape index (κ3) is 3.16. The van der Waals surface area contributed by atoms with Gasteiger partial charge in [-0.05, 0) is 19.1 Å². The molecule has 112 valence electrons. The maximum absolute atomic E-state index is 12.6. The summed E-state index contributed by atoms with van der Waals surface area (Å²) in [5, 5.41) is 0. The van der Waals surface area contributed by atoms with E-state index in [-0.39, 0.29) is 16.2 Å². The Morgan fingerprint density at radius 3 is 2.38 bits per heavy atom. The van der Waals surface area contributed by atoms with Crippen LogP contribution in [0.1, 0.15) is 12.0 Å². The van der Waals surface area contributed by atoms with Gasteiger partial charge in [-0.1, -0.05) is 17.7 Å². The smallest absolute Gasteiger partial charge is 0.335 e. The molecule has 1 aromatic carbocycles. The number of nitrogens with zero attached hydrogens (tertiary/aromatic N) is 1. The van der Waals surface area contributed by atoms with E-state index in [1.165, 1.54) is 13.3 Å². The summed E-state index contributed by atoms with van der Waals surface area (Å²) in [7, 11) is -0.669. The fourth-order valence-electron chi connectivity index (χ4n) is 2.08. The summed E-state index contributed by atoms with van der Waals surface area (Å²) >= 11 is 0. The molecule has 0 aromatic heterocycles. The molecular weight excluding hydrogens is 290 g/mol. The highest BCUT2D eigenvalue weighted by molar-refractivity contribution is 7.95. The van der Waals surface area contributed by atoms with Gasteiger partial charge in [0.15, 0.2) is 0 Å². The van der Waals surface area contributed by atoms with Gasteiger partial charge in [0, 0.05) is 25.9 Å². The molecule has 0 spiro atoms.